The van der Waals surface area contributed by atoms with Crippen LogP contribution < -0.4 is 10.9 Å². The first-order valence-electron chi connectivity index (χ1n) is 6.77. The number of carbonyl (C=O) groups is 1. The molecule has 1 aliphatic rings. The highest BCUT2D eigenvalue weighted by Gasteiger charge is 2.21. The molecule has 0 saturated heterocycles. The highest BCUT2D eigenvalue weighted by molar-refractivity contribution is 5.92. The van der Waals surface area contributed by atoms with Crippen molar-refractivity contribution in [2.45, 2.75) is 25.3 Å². The van der Waals surface area contributed by atoms with Crippen LogP contribution in [0.5, 0.6) is 0 Å². The largest absolute Gasteiger partial charge is 0.348 e. The smallest absolute Gasteiger partial charge is 0.268 e. The van der Waals surface area contributed by atoms with Crippen molar-refractivity contribution in [2.24, 2.45) is 7.05 Å². The summed E-state index contributed by atoms with van der Waals surface area (Å²) in [5, 5.41) is 3.07. The average molecular weight is 271 g/mol. The van der Waals surface area contributed by atoms with E-state index in [-0.39, 0.29) is 17.5 Å². The van der Waals surface area contributed by atoms with Gasteiger partial charge in [0, 0.05) is 31.0 Å². The molecule has 1 amide bonds. The number of rotatable bonds is 2. The third-order valence-electron chi connectivity index (χ3n) is 3.82. The van der Waals surface area contributed by atoms with Gasteiger partial charge in [-0.25, -0.2) is 0 Å². The lowest BCUT2D eigenvalue weighted by Crippen LogP contribution is -2.40. The maximum atomic E-state index is 12.2. The standard InChI is InChI=1S/C15H17N3O2/c1-18-8-2-3-13(18)15(20)16-11-5-6-12-10(9-11)4-7-14(19)17-12/h2-4,7-8,11H,5-6,9H2,1H3,(H,16,20)(H,17,19). The molecule has 0 radical (unpaired) electrons. The summed E-state index contributed by atoms with van der Waals surface area (Å²) in [4.78, 5) is 26.3. The number of pyridine rings is 1. The second-order valence-corrected chi connectivity index (χ2v) is 5.24. The Balaban J connectivity index is 1.72. The van der Waals surface area contributed by atoms with Gasteiger partial charge in [-0.2, -0.15) is 0 Å². The molecule has 1 unspecified atom stereocenters. The highest BCUT2D eigenvalue weighted by atomic mass is 16.2. The molecule has 104 valence electrons. The first kappa shape index (κ1) is 12.7. The predicted octanol–water partition coefficient (Wildman–Crippen LogP) is 1.00. The van der Waals surface area contributed by atoms with Crippen LogP contribution in [0, 0.1) is 0 Å². The SMILES string of the molecule is Cn1cccc1C(=O)NC1CCc2[nH]c(=O)ccc2C1. The molecule has 3 rings (SSSR count). The number of carbonyl (C=O) groups excluding carboxylic acids is 1. The third kappa shape index (κ3) is 2.39. The second kappa shape index (κ2) is 5.00. The molecule has 0 aliphatic heterocycles. The Hall–Kier alpha value is -2.30. The van der Waals surface area contributed by atoms with E-state index in [1.807, 2.05) is 36.0 Å². The summed E-state index contributed by atoms with van der Waals surface area (Å²) >= 11 is 0. The topological polar surface area (TPSA) is 66.9 Å². The second-order valence-electron chi connectivity index (χ2n) is 5.24. The van der Waals surface area contributed by atoms with Gasteiger partial charge in [-0.1, -0.05) is 6.07 Å². The lowest BCUT2D eigenvalue weighted by Gasteiger charge is -2.25. The van der Waals surface area contributed by atoms with Crippen molar-refractivity contribution >= 4 is 5.91 Å². The maximum absolute atomic E-state index is 12.2. The summed E-state index contributed by atoms with van der Waals surface area (Å²) in [5.74, 6) is -0.0459. The van der Waals surface area contributed by atoms with Crippen LogP contribution in [0.3, 0.4) is 0 Å². The summed E-state index contributed by atoms with van der Waals surface area (Å²) in [6.07, 6.45) is 4.27. The quantitative estimate of drug-likeness (QED) is 0.855. The molecule has 5 heteroatoms. The molecule has 20 heavy (non-hydrogen) atoms. The molecule has 1 atom stereocenters. The third-order valence-corrected chi connectivity index (χ3v) is 3.82. The predicted molar refractivity (Wildman–Crippen MR) is 75.8 cm³/mol. The lowest BCUT2D eigenvalue weighted by atomic mass is 9.92. The van der Waals surface area contributed by atoms with Gasteiger partial charge in [0.05, 0.1) is 0 Å². The van der Waals surface area contributed by atoms with Crippen LogP contribution in [0.2, 0.25) is 0 Å². The number of hydrogen-bond donors (Lipinski definition) is 2. The minimum absolute atomic E-state index is 0.0459. The van der Waals surface area contributed by atoms with Crippen molar-refractivity contribution in [1.29, 1.82) is 0 Å². The number of nitrogens with zero attached hydrogens (tertiary/aromatic N) is 1. The summed E-state index contributed by atoms with van der Waals surface area (Å²) in [7, 11) is 1.86. The van der Waals surface area contributed by atoms with Crippen LogP contribution in [0.25, 0.3) is 0 Å². The fourth-order valence-corrected chi connectivity index (χ4v) is 2.73. The highest BCUT2D eigenvalue weighted by Crippen LogP contribution is 2.18. The summed E-state index contributed by atoms with van der Waals surface area (Å²) in [6.45, 7) is 0. The maximum Gasteiger partial charge on any atom is 0.268 e. The first-order chi connectivity index (χ1) is 9.63. The van der Waals surface area contributed by atoms with E-state index in [9.17, 15) is 9.59 Å². The number of H-pyrrole nitrogens is 1. The number of aromatic nitrogens is 2. The van der Waals surface area contributed by atoms with E-state index in [2.05, 4.69) is 10.3 Å². The van der Waals surface area contributed by atoms with Gasteiger partial charge >= 0.3 is 0 Å². The summed E-state index contributed by atoms with van der Waals surface area (Å²) < 4.78 is 1.81. The normalized spacial score (nSPS) is 17.6. The monoisotopic (exact) mass is 271 g/mol. The Morgan fingerprint density at radius 3 is 3.00 bits per heavy atom. The molecular formula is C15H17N3O2. The Labute approximate surface area is 116 Å². The van der Waals surface area contributed by atoms with Gasteiger partial charge in [0.25, 0.3) is 5.91 Å². The van der Waals surface area contributed by atoms with Crippen LogP contribution in [-0.4, -0.2) is 21.5 Å². The molecule has 0 bridgehead atoms. The zero-order chi connectivity index (χ0) is 14.1. The molecule has 2 N–H and O–H groups in total. The molecule has 0 saturated carbocycles. The fraction of sp³-hybridized carbons (Fsp3) is 0.333. The number of aromatic amines is 1. The van der Waals surface area contributed by atoms with Gasteiger partial charge in [-0.3, -0.25) is 9.59 Å². The van der Waals surface area contributed by atoms with Crippen molar-refractivity contribution in [3.63, 3.8) is 0 Å². The number of amides is 1. The summed E-state index contributed by atoms with van der Waals surface area (Å²) in [6, 6.07) is 7.19. The van der Waals surface area contributed by atoms with Crippen molar-refractivity contribution in [3.05, 3.63) is 57.8 Å². The molecule has 0 aromatic carbocycles. The number of hydrogen-bond acceptors (Lipinski definition) is 2. The van der Waals surface area contributed by atoms with E-state index in [1.165, 1.54) is 0 Å². The van der Waals surface area contributed by atoms with Crippen molar-refractivity contribution in [3.8, 4) is 0 Å². The Bertz CT molecular complexity index is 699. The van der Waals surface area contributed by atoms with Crippen LogP contribution >= 0.6 is 0 Å². The molecule has 0 fully saturated rings. The fourth-order valence-electron chi connectivity index (χ4n) is 2.73. The molecular weight excluding hydrogens is 254 g/mol. The van der Waals surface area contributed by atoms with E-state index in [0.29, 0.717) is 5.69 Å². The first-order valence-corrected chi connectivity index (χ1v) is 6.77. The number of fused-ring (bicyclic) bond motifs is 1. The minimum atomic E-state index is -0.0601. The lowest BCUT2D eigenvalue weighted by molar-refractivity contribution is 0.0925. The van der Waals surface area contributed by atoms with Crippen LogP contribution in [-0.2, 0) is 19.9 Å². The molecule has 2 heterocycles. The van der Waals surface area contributed by atoms with Gasteiger partial charge < -0.3 is 14.9 Å². The van der Waals surface area contributed by atoms with E-state index < -0.39 is 0 Å². The van der Waals surface area contributed by atoms with Gasteiger partial charge in [0.1, 0.15) is 5.69 Å². The molecule has 0 spiro atoms. The van der Waals surface area contributed by atoms with Crippen molar-refractivity contribution in [2.75, 3.05) is 0 Å². The average Bonchev–Trinajstić information content (AvgIpc) is 2.85. The zero-order valence-corrected chi connectivity index (χ0v) is 11.3. The van der Waals surface area contributed by atoms with E-state index in [4.69, 9.17) is 0 Å². The van der Waals surface area contributed by atoms with Gasteiger partial charge in [0.15, 0.2) is 0 Å². The Morgan fingerprint density at radius 2 is 2.25 bits per heavy atom. The van der Waals surface area contributed by atoms with Gasteiger partial charge in [0.2, 0.25) is 5.56 Å². The van der Waals surface area contributed by atoms with E-state index >= 15 is 0 Å². The Kier molecular flexibility index (Phi) is 3.18. The summed E-state index contributed by atoms with van der Waals surface area (Å²) in [5.41, 5.74) is 2.72. The van der Waals surface area contributed by atoms with E-state index in [1.54, 1.807) is 6.07 Å². The number of aryl methyl sites for hydroxylation is 2. The number of nitrogens with one attached hydrogen (secondary N) is 2. The van der Waals surface area contributed by atoms with Crippen LogP contribution in [0.4, 0.5) is 0 Å². The molecule has 2 aromatic heterocycles. The van der Waals surface area contributed by atoms with Crippen LogP contribution in [0.15, 0.2) is 35.3 Å². The van der Waals surface area contributed by atoms with Gasteiger partial charge in [-0.05, 0) is 37.0 Å². The molecule has 1 aliphatic carbocycles. The minimum Gasteiger partial charge on any atom is -0.348 e. The Morgan fingerprint density at radius 1 is 1.40 bits per heavy atom. The molecule has 2 aromatic rings. The van der Waals surface area contributed by atoms with Crippen molar-refractivity contribution < 1.29 is 4.79 Å². The zero-order valence-electron chi connectivity index (χ0n) is 11.3. The van der Waals surface area contributed by atoms with Crippen molar-refractivity contribution in [1.82, 2.24) is 14.9 Å². The molecule has 5 nitrogen and oxygen atoms in total. The van der Waals surface area contributed by atoms with E-state index in [0.717, 1.165) is 30.5 Å². The van der Waals surface area contributed by atoms with Crippen LogP contribution in [0.1, 0.15) is 28.2 Å². The van der Waals surface area contributed by atoms with Gasteiger partial charge in [-0.15, -0.1) is 0 Å².